The van der Waals surface area contributed by atoms with Crippen molar-refractivity contribution in [3.05, 3.63) is 17.5 Å². The summed E-state index contributed by atoms with van der Waals surface area (Å²) in [6.45, 7) is 3.81. The minimum absolute atomic E-state index is 0.0212. The van der Waals surface area contributed by atoms with Crippen molar-refractivity contribution in [1.29, 1.82) is 0 Å². The lowest BCUT2D eigenvalue weighted by Gasteiger charge is -2.14. The van der Waals surface area contributed by atoms with E-state index in [1.807, 2.05) is 13.8 Å². The van der Waals surface area contributed by atoms with Gasteiger partial charge in [-0.15, -0.1) is 0 Å². The van der Waals surface area contributed by atoms with E-state index in [0.717, 1.165) is 0 Å². The highest BCUT2D eigenvalue weighted by molar-refractivity contribution is 5.97. The fourth-order valence-corrected chi connectivity index (χ4v) is 1.48. The van der Waals surface area contributed by atoms with Crippen molar-refractivity contribution in [2.75, 3.05) is 21.1 Å². The van der Waals surface area contributed by atoms with Gasteiger partial charge in [-0.25, -0.2) is 0 Å². The van der Waals surface area contributed by atoms with Crippen LogP contribution in [0.3, 0.4) is 0 Å². The third kappa shape index (κ3) is 8.25. The number of primary amides is 1. The Morgan fingerprint density at radius 2 is 1.75 bits per heavy atom. The lowest BCUT2D eigenvalue weighted by atomic mass is 10.1. The molecule has 0 aliphatic carbocycles. The highest BCUT2D eigenvalue weighted by atomic mass is 16.5. The summed E-state index contributed by atoms with van der Waals surface area (Å²) in [5, 5.41) is 8.47. The van der Waals surface area contributed by atoms with Crippen molar-refractivity contribution in [2.45, 2.75) is 32.2 Å². The topological polar surface area (TPSA) is 179 Å². The maximum atomic E-state index is 11.9. The molecule has 138 valence electrons. The number of rotatable bonds is 6. The summed E-state index contributed by atoms with van der Waals surface area (Å²) in [5.74, 6) is -1.74. The highest BCUT2D eigenvalue weighted by Crippen LogP contribution is 2.14. The quantitative estimate of drug-likeness (QED) is 0.424. The molecule has 0 bridgehead atoms. The Hall–Kier alpha value is -2.46. The van der Waals surface area contributed by atoms with E-state index in [-0.39, 0.29) is 18.1 Å². The Morgan fingerprint density at radius 3 is 2.12 bits per heavy atom. The third-order valence-electron chi connectivity index (χ3n) is 2.62. The predicted octanol–water partition coefficient (Wildman–Crippen LogP) is -1.33. The standard InChI is InChI=1S/C12H18N4O4.2CH5N/c1-6(2)7-4-9(20-16-7)12(19)15-8(5-10(13)17)11(18)14-3;2*1-2/h4,6,8H,5H2,1-3H3,(H2,13,17)(H,14,18)(H,15,19);2*2H2,1H3/t8-;;/m0../s1. The molecule has 8 N–H and O–H groups in total. The van der Waals surface area contributed by atoms with Crippen molar-refractivity contribution in [3.8, 4) is 0 Å². The summed E-state index contributed by atoms with van der Waals surface area (Å²) in [5.41, 5.74) is 14.7. The van der Waals surface area contributed by atoms with Gasteiger partial charge in [0.25, 0.3) is 5.91 Å². The lowest BCUT2D eigenvalue weighted by Crippen LogP contribution is -2.47. The van der Waals surface area contributed by atoms with Gasteiger partial charge >= 0.3 is 0 Å². The van der Waals surface area contributed by atoms with Crippen LogP contribution in [0.5, 0.6) is 0 Å². The summed E-state index contributed by atoms with van der Waals surface area (Å²) in [7, 11) is 4.40. The van der Waals surface area contributed by atoms with Crippen molar-refractivity contribution in [1.82, 2.24) is 15.8 Å². The van der Waals surface area contributed by atoms with Crippen LogP contribution in [0.2, 0.25) is 0 Å². The van der Waals surface area contributed by atoms with E-state index in [1.165, 1.54) is 27.2 Å². The molecule has 1 aromatic rings. The molecule has 0 aliphatic rings. The average Bonchev–Trinajstić information content (AvgIpc) is 3.07. The molecule has 0 aromatic carbocycles. The summed E-state index contributed by atoms with van der Waals surface area (Å²) in [6.07, 6.45) is -0.295. The van der Waals surface area contributed by atoms with Crippen LogP contribution in [-0.4, -0.2) is 50.1 Å². The predicted molar refractivity (Wildman–Crippen MR) is 89.9 cm³/mol. The van der Waals surface area contributed by atoms with Gasteiger partial charge in [-0.1, -0.05) is 19.0 Å². The number of carbonyl (C=O) groups is 3. The summed E-state index contributed by atoms with van der Waals surface area (Å²) in [6, 6.07) is 0.447. The van der Waals surface area contributed by atoms with Crippen molar-refractivity contribution < 1.29 is 18.9 Å². The van der Waals surface area contributed by atoms with E-state index in [0.29, 0.717) is 5.69 Å². The molecule has 0 aliphatic heterocycles. The fraction of sp³-hybridized carbons (Fsp3) is 0.571. The third-order valence-corrected chi connectivity index (χ3v) is 2.62. The van der Waals surface area contributed by atoms with E-state index < -0.39 is 23.8 Å². The molecule has 0 radical (unpaired) electrons. The van der Waals surface area contributed by atoms with E-state index in [2.05, 4.69) is 27.3 Å². The number of nitrogens with two attached hydrogens (primary N) is 3. The molecule has 0 unspecified atom stereocenters. The second-order valence-corrected chi connectivity index (χ2v) is 4.58. The lowest BCUT2D eigenvalue weighted by molar-refractivity contribution is -0.126. The first-order valence-electron chi connectivity index (χ1n) is 7.28. The summed E-state index contributed by atoms with van der Waals surface area (Å²) < 4.78 is 4.90. The van der Waals surface area contributed by atoms with Gasteiger partial charge in [-0.2, -0.15) is 0 Å². The molecule has 3 amide bonds. The number of hydrogen-bond acceptors (Lipinski definition) is 7. The minimum atomic E-state index is -1.04. The maximum Gasteiger partial charge on any atom is 0.290 e. The van der Waals surface area contributed by atoms with Crippen LogP contribution in [-0.2, 0) is 9.59 Å². The molecule has 10 nitrogen and oxygen atoms in total. The average molecular weight is 344 g/mol. The summed E-state index contributed by atoms with van der Waals surface area (Å²) in [4.78, 5) is 34.4. The van der Waals surface area contributed by atoms with Crippen LogP contribution < -0.4 is 27.8 Å². The van der Waals surface area contributed by atoms with Crippen LogP contribution in [0.25, 0.3) is 0 Å². The van der Waals surface area contributed by atoms with Crippen LogP contribution in [0.1, 0.15) is 42.4 Å². The molecule has 24 heavy (non-hydrogen) atoms. The van der Waals surface area contributed by atoms with E-state index in [1.54, 1.807) is 0 Å². The molecule has 1 rings (SSSR count). The molecule has 0 spiro atoms. The molecular formula is C14H28N6O4. The van der Waals surface area contributed by atoms with Gasteiger partial charge in [0, 0.05) is 13.1 Å². The van der Waals surface area contributed by atoms with Gasteiger partial charge in [0.1, 0.15) is 6.04 Å². The smallest absolute Gasteiger partial charge is 0.290 e. The van der Waals surface area contributed by atoms with Gasteiger partial charge in [0.15, 0.2) is 0 Å². The maximum absolute atomic E-state index is 11.9. The zero-order chi connectivity index (χ0) is 19.3. The Balaban J connectivity index is 0. The van der Waals surface area contributed by atoms with Crippen LogP contribution in [0, 0.1) is 0 Å². The molecule has 1 heterocycles. The molecular weight excluding hydrogens is 316 g/mol. The van der Waals surface area contributed by atoms with Crippen molar-refractivity contribution in [3.63, 3.8) is 0 Å². The molecule has 0 saturated heterocycles. The monoisotopic (exact) mass is 344 g/mol. The first-order valence-corrected chi connectivity index (χ1v) is 7.28. The molecule has 0 fully saturated rings. The van der Waals surface area contributed by atoms with Crippen LogP contribution >= 0.6 is 0 Å². The van der Waals surface area contributed by atoms with Crippen LogP contribution in [0.15, 0.2) is 10.6 Å². The van der Waals surface area contributed by atoms with Gasteiger partial charge < -0.3 is 32.4 Å². The van der Waals surface area contributed by atoms with Crippen molar-refractivity contribution in [2.24, 2.45) is 17.2 Å². The number of aromatic nitrogens is 1. The second kappa shape index (κ2) is 13.0. The van der Waals surface area contributed by atoms with E-state index >= 15 is 0 Å². The zero-order valence-electron chi connectivity index (χ0n) is 14.8. The molecule has 10 heteroatoms. The highest BCUT2D eigenvalue weighted by Gasteiger charge is 2.24. The zero-order valence-corrected chi connectivity index (χ0v) is 14.8. The molecule has 0 saturated carbocycles. The van der Waals surface area contributed by atoms with Gasteiger partial charge in [0.05, 0.1) is 12.1 Å². The normalized spacial score (nSPS) is 10.5. The Bertz CT molecular complexity index is 515. The first-order chi connectivity index (χ1) is 11.3. The van der Waals surface area contributed by atoms with Gasteiger partial charge in [-0.05, 0) is 20.0 Å². The fourth-order valence-electron chi connectivity index (χ4n) is 1.48. The van der Waals surface area contributed by atoms with Crippen molar-refractivity contribution >= 4 is 17.7 Å². The number of nitrogens with one attached hydrogen (secondary N) is 2. The van der Waals surface area contributed by atoms with Gasteiger partial charge in [-0.3, -0.25) is 14.4 Å². The number of hydrogen-bond donors (Lipinski definition) is 5. The van der Waals surface area contributed by atoms with Crippen LogP contribution in [0.4, 0.5) is 0 Å². The Kier molecular flexibility index (Phi) is 12.9. The largest absolute Gasteiger partial charge is 0.370 e. The first kappa shape index (κ1) is 23.8. The summed E-state index contributed by atoms with van der Waals surface area (Å²) >= 11 is 0. The Morgan fingerprint density at radius 1 is 1.21 bits per heavy atom. The SMILES string of the molecule is CN.CN.CNC(=O)[C@H](CC(N)=O)NC(=O)c1cc(C(C)C)no1. The van der Waals surface area contributed by atoms with E-state index in [4.69, 9.17) is 10.3 Å². The molecule has 1 atom stereocenters. The Labute approximate surface area is 141 Å². The minimum Gasteiger partial charge on any atom is -0.370 e. The number of carbonyl (C=O) groups excluding carboxylic acids is 3. The number of likely N-dealkylation sites (N-methyl/N-ethyl adjacent to an activating group) is 1. The van der Waals surface area contributed by atoms with E-state index in [9.17, 15) is 14.4 Å². The number of amides is 3. The van der Waals surface area contributed by atoms with Gasteiger partial charge in [0.2, 0.25) is 17.6 Å². The molecule has 1 aromatic heterocycles. The number of nitrogens with zero attached hydrogens (tertiary/aromatic N) is 1. The second-order valence-electron chi connectivity index (χ2n) is 4.58.